The summed E-state index contributed by atoms with van der Waals surface area (Å²) in [5, 5.41) is 0. The van der Waals surface area contributed by atoms with Gasteiger partial charge in [0.15, 0.2) is 12.0 Å². The number of aromatic nitrogens is 1. The molecule has 1 heterocycles. The van der Waals surface area contributed by atoms with E-state index < -0.39 is 10.1 Å². The molecule has 0 N–H and O–H groups in total. The van der Waals surface area contributed by atoms with Crippen molar-refractivity contribution in [3.8, 4) is 11.5 Å². The smallest absolute Gasteiger partial charge is 0.339 e. The van der Waals surface area contributed by atoms with Gasteiger partial charge in [0, 0.05) is 6.07 Å². The molecule has 0 unspecified atom stereocenters. The number of fused-ring (bicyclic) bond motifs is 1. The number of hydrogen-bond acceptors (Lipinski definition) is 6. The summed E-state index contributed by atoms with van der Waals surface area (Å²) in [7, 11) is -3.92. The van der Waals surface area contributed by atoms with Crippen LogP contribution in [0.15, 0.2) is 58.2 Å². The first kappa shape index (κ1) is 15.4. The van der Waals surface area contributed by atoms with Crippen LogP contribution in [-0.4, -0.2) is 19.5 Å². The molecular weight excluding hydrogens is 318 g/mol. The summed E-state index contributed by atoms with van der Waals surface area (Å²) in [4.78, 5) is 4.01. The fourth-order valence-electron chi connectivity index (χ4n) is 2.02. The quantitative estimate of drug-likeness (QED) is 0.666. The number of oxazole rings is 1. The predicted molar refractivity (Wildman–Crippen MR) is 84.0 cm³/mol. The Balaban J connectivity index is 1.83. The lowest BCUT2D eigenvalue weighted by Crippen LogP contribution is -2.10. The van der Waals surface area contributed by atoms with Crippen LogP contribution in [0.5, 0.6) is 11.5 Å². The van der Waals surface area contributed by atoms with Crippen LogP contribution >= 0.6 is 0 Å². The van der Waals surface area contributed by atoms with E-state index in [9.17, 15) is 8.42 Å². The SMILES string of the molecule is CC(C)Oc1ccc(S(=O)(=O)Oc2ccc3ocnc3c2)cc1. The topological polar surface area (TPSA) is 78.6 Å². The second-order valence-electron chi connectivity index (χ2n) is 5.16. The summed E-state index contributed by atoms with van der Waals surface area (Å²) in [6.07, 6.45) is 1.30. The summed E-state index contributed by atoms with van der Waals surface area (Å²) < 4.78 is 40.3. The highest BCUT2D eigenvalue weighted by atomic mass is 32.2. The molecule has 0 aliphatic carbocycles. The van der Waals surface area contributed by atoms with Crippen LogP contribution < -0.4 is 8.92 Å². The molecule has 0 saturated heterocycles. The van der Waals surface area contributed by atoms with Crippen molar-refractivity contribution in [1.82, 2.24) is 4.98 Å². The first-order valence-corrected chi connectivity index (χ1v) is 8.39. The average Bonchev–Trinajstić information content (AvgIpc) is 2.94. The maximum atomic E-state index is 12.3. The van der Waals surface area contributed by atoms with E-state index in [0.717, 1.165) is 0 Å². The van der Waals surface area contributed by atoms with E-state index >= 15 is 0 Å². The zero-order valence-electron chi connectivity index (χ0n) is 12.6. The minimum absolute atomic E-state index is 0.0166. The highest BCUT2D eigenvalue weighted by Gasteiger charge is 2.17. The molecule has 0 radical (unpaired) electrons. The molecule has 0 fully saturated rings. The molecule has 1 aromatic heterocycles. The van der Waals surface area contributed by atoms with E-state index in [1.54, 1.807) is 18.2 Å². The molecule has 7 heteroatoms. The Hall–Kier alpha value is -2.54. The van der Waals surface area contributed by atoms with Crippen molar-refractivity contribution in [3.63, 3.8) is 0 Å². The summed E-state index contributed by atoms with van der Waals surface area (Å²) in [6, 6.07) is 10.7. The van der Waals surface area contributed by atoms with Gasteiger partial charge in [-0.05, 0) is 50.2 Å². The lowest BCUT2D eigenvalue weighted by molar-refractivity contribution is 0.242. The molecule has 2 aromatic carbocycles. The number of benzene rings is 2. The van der Waals surface area contributed by atoms with Crippen LogP contribution in [0.1, 0.15) is 13.8 Å². The van der Waals surface area contributed by atoms with Crippen LogP contribution in [0.2, 0.25) is 0 Å². The maximum absolute atomic E-state index is 12.3. The molecule has 0 atom stereocenters. The van der Waals surface area contributed by atoms with Gasteiger partial charge in [0.2, 0.25) is 0 Å². The fourth-order valence-corrected chi connectivity index (χ4v) is 2.94. The van der Waals surface area contributed by atoms with Gasteiger partial charge in [0.25, 0.3) is 0 Å². The van der Waals surface area contributed by atoms with E-state index in [4.69, 9.17) is 13.3 Å². The fraction of sp³-hybridized carbons (Fsp3) is 0.188. The largest absolute Gasteiger partial charge is 0.491 e. The monoisotopic (exact) mass is 333 g/mol. The molecule has 0 amide bonds. The highest BCUT2D eigenvalue weighted by molar-refractivity contribution is 7.87. The molecule has 3 aromatic rings. The Kier molecular flexibility index (Phi) is 3.96. The Morgan fingerprint density at radius 3 is 2.43 bits per heavy atom. The maximum Gasteiger partial charge on any atom is 0.339 e. The van der Waals surface area contributed by atoms with Crippen molar-refractivity contribution in [2.75, 3.05) is 0 Å². The van der Waals surface area contributed by atoms with Gasteiger partial charge in [0.1, 0.15) is 21.9 Å². The van der Waals surface area contributed by atoms with Gasteiger partial charge in [-0.25, -0.2) is 4.98 Å². The number of nitrogens with zero attached hydrogens (tertiary/aromatic N) is 1. The van der Waals surface area contributed by atoms with Crippen LogP contribution in [0.4, 0.5) is 0 Å². The van der Waals surface area contributed by atoms with Crippen molar-refractivity contribution in [3.05, 3.63) is 48.9 Å². The molecule has 6 nitrogen and oxygen atoms in total. The number of rotatable bonds is 5. The van der Waals surface area contributed by atoms with E-state index in [2.05, 4.69) is 4.98 Å². The van der Waals surface area contributed by atoms with Crippen molar-refractivity contribution in [2.24, 2.45) is 0 Å². The first-order valence-electron chi connectivity index (χ1n) is 6.98. The first-order chi connectivity index (χ1) is 10.9. The minimum atomic E-state index is -3.92. The summed E-state index contributed by atoms with van der Waals surface area (Å²) >= 11 is 0. The third-order valence-electron chi connectivity index (χ3n) is 2.99. The van der Waals surface area contributed by atoms with Gasteiger partial charge >= 0.3 is 10.1 Å². The number of ether oxygens (including phenoxy) is 1. The van der Waals surface area contributed by atoms with Crippen LogP contribution in [0.3, 0.4) is 0 Å². The van der Waals surface area contributed by atoms with E-state index in [-0.39, 0.29) is 16.7 Å². The van der Waals surface area contributed by atoms with Crippen LogP contribution in [0, 0.1) is 0 Å². The van der Waals surface area contributed by atoms with Crippen molar-refractivity contribution < 1.29 is 21.8 Å². The number of hydrogen-bond donors (Lipinski definition) is 0. The normalized spacial score (nSPS) is 11.8. The zero-order chi connectivity index (χ0) is 16.4. The molecule has 0 spiro atoms. The summed E-state index contributed by atoms with van der Waals surface area (Å²) in [5.74, 6) is 0.775. The van der Waals surface area contributed by atoms with Crippen molar-refractivity contribution in [1.29, 1.82) is 0 Å². The molecule has 0 saturated carbocycles. The van der Waals surface area contributed by atoms with Crippen molar-refractivity contribution in [2.45, 2.75) is 24.8 Å². The van der Waals surface area contributed by atoms with Gasteiger partial charge in [-0.15, -0.1) is 0 Å². The minimum Gasteiger partial charge on any atom is -0.491 e. The third-order valence-corrected chi connectivity index (χ3v) is 4.25. The Bertz CT molecular complexity index is 913. The van der Waals surface area contributed by atoms with Gasteiger partial charge in [-0.2, -0.15) is 8.42 Å². The second-order valence-corrected chi connectivity index (χ2v) is 6.70. The van der Waals surface area contributed by atoms with Gasteiger partial charge in [-0.3, -0.25) is 0 Å². The second kappa shape index (κ2) is 5.92. The lowest BCUT2D eigenvalue weighted by Gasteiger charge is -2.10. The van der Waals surface area contributed by atoms with E-state index in [0.29, 0.717) is 16.8 Å². The van der Waals surface area contributed by atoms with E-state index in [1.807, 2.05) is 13.8 Å². The standard InChI is InChI=1S/C16H15NO5S/c1-11(2)21-12-3-6-14(7-4-12)23(18,19)22-13-5-8-16-15(9-13)17-10-20-16/h3-11H,1-2H3. The molecule has 0 aliphatic heterocycles. The molecule has 0 aliphatic rings. The Labute approximate surface area is 133 Å². The zero-order valence-corrected chi connectivity index (χ0v) is 13.4. The summed E-state index contributed by atoms with van der Waals surface area (Å²) in [6.45, 7) is 3.79. The third kappa shape index (κ3) is 3.45. The lowest BCUT2D eigenvalue weighted by atomic mass is 10.3. The van der Waals surface area contributed by atoms with Gasteiger partial charge in [0.05, 0.1) is 6.10 Å². The highest BCUT2D eigenvalue weighted by Crippen LogP contribution is 2.24. The van der Waals surface area contributed by atoms with E-state index in [1.165, 1.54) is 30.7 Å². The molecule has 0 bridgehead atoms. The Morgan fingerprint density at radius 1 is 1.04 bits per heavy atom. The molecular formula is C16H15NO5S. The predicted octanol–water partition coefficient (Wildman–Crippen LogP) is 3.38. The molecule has 23 heavy (non-hydrogen) atoms. The molecule has 3 rings (SSSR count). The molecule has 120 valence electrons. The van der Waals surface area contributed by atoms with Crippen molar-refractivity contribution >= 4 is 21.2 Å². The van der Waals surface area contributed by atoms with Gasteiger partial charge in [-0.1, -0.05) is 0 Å². The van der Waals surface area contributed by atoms with Crippen LogP contribution in [-0.2, 0) is 10.1 Å². The Morgan fingerprint density at radius 2 is 1.74 bits per heavy atom. The van der Waals surface area contributed by atoms with Crippen LogP contribution in [0.25, 0.3) is 11.1 Å². The summed E-state index contributed by atoms with van der Waals surface area (Å²) in [5.41, 5.74) is 1.09. The average molecular weight is 333 g/mol. The van der Waals surface area contributed by atoms with Gasteiger partial charge < -0.3 is 13.3 Å².